The van der Waals surface area contributed by atoms with E-state index in [0.717, 1.165) is 29.5 Å². The molecule has 0 fully saturated rings. The van der Waals surface area contributed by atoms with Gasteiger partial charge in [0.25, 0.3) is 5.91 Å². The topological polar surface area (TPSA) is 72.2 Å². The second kappa shape index (κ2) is 6.65. The Kier molecular flexibility index (Phi) is 4.87. The van der Waals surface area contributed by atoms with E-state index in [1.807, 2.05) is 0 Å². The summed E-state index contributed by atoms with van der Waals surface area (Å²) in [6.07, 6.45) is 0.389. The Morgan fingerprint density at radius 1 is 1.32 bits per heavy atom. The van der Waals surface area contributed by atoms with Crippen LogP contribution in [0.5, 0.6) is 0 Å². The number of rotatable bonds is 5. The van der Waals surface area contributed by atoms with Crippen LogP contribution in [0.3, 0.4) is 0 Å². The molecule has 4 nitrogen and oxygen atoms in total. The first kappa shape index (κ1) is 16.1. The molecule has 0 aliphatic carbocycles. The van der Waals surface area contributed by atoms with Crippen LogP contribution in [-0.4, -0.2) is 11.8 Å². The molecule has 0 saturated carbocycles. The zero-order valence-electron chi connectivity index (χ0n) is 11.7. The van der Waals surface area contributed by atoms with Crippen LogP contribution in [0.25, 0.3) is 0 Å². The van der Waals surface area contributed by atoms with E-state index in [9.17, 15) is 18.4 Å². The number of carbonyl (C=O) groups excluding carboxylic acids is 2. The molecule has 7 heteroatoms. The zero-order valence-corrected chi connectivity index (χ0v) is 12.5. The Morgan fingerprint density at radius 3 is 2.64 bits per heavy atom. The van der Waals surface area contributed by atoms with Gasteiger partial charge in [0, 0.05) is 10.9 Å². The Hall–Kier alpha value is -2.28. The van der Waals surface area contributed by atoms with E-state index in [-0.39, 0.29) is 16.0 Å². The van der Waals surface area contributed by atoms with Crippen molar-refractivity contribution >= 4 is 23.2 Å². The molecule has 2 rings (SSSR count). The Labute approximate surface area is 129 Å². The SMILES string of the molecule is CC[C@@H](NC(=O)c1cc(C(N)=O)cs1)c1cc(F)ccc1F. The molecular formula is C15H14F2N2O2S. The molecule has 2 aromatic rings. The van der Waals surface area contributed by atoms with E-state index in [1.165, 1.54) is 11.4 Å². The summed E-state index contributed by atoms with van der Waals surface area (Å²) in [5.74, 6) is -2.25. The standard InChI is InChI=1S/C15H14F2N2O2S/c1-2-12(10-6-9(16)3-4-11(10)17)19-15(21)13-5-8(7-22-13)14(18)20/h3-7,12H,2H2,1H3,(H2,18,20)(H,19,21)/t12-/m1/s1. The lowest BCUT2D eigenvalue weighted by atomic mass is 10.0. The summed E-state index contributed by atoms with van der Waals surface area (Å²) in [5, 5.41) is 4.11. The molecule has 1 heterocycles. The van der Waals surface area contributed by atoms with Gasteiger partial charge in [0.1, 0.15) is 11.6 Å². The number of carbonyl (C=O) groups is 2. The van der Waals surface area contributed by atoms with Gasteiger partial charge in [-0.25, -0.2) is 8.78 Å². The van der Waals surface area contributed by atoms with Gasteiger partial charge in [-0.15, -0.1) is 11.3 Å². The predicted octanol–water partition coefficient (Wildman–Crippen LogP) is 3.01. The molecule has 0 aliphatic heterocycles. The lowest BCUT2D eigenvalue weighted by Crippen LogP contribution is -2.28. The fourth-order valence-electron chi connectivity index (χ4n) is 2.00. The third-order valence-electron chi connectivity index (χ3n) is 3.15. The zero-order chi connectivity index (χ0) is 16.3. The molecule has 0 radical (unpaired) electrons. The number of nitrogens with one attached hydrogen (secondary N) is 1. The van der Waals surface area contributed by atoms with E-state index in [2.05, 4.69) is 5.32 Å². The maximum absolute atomic E-state index is 13.8. The van der Waals surface area contributed by atoms with Crippen molar-refractivity contribution in [2.24, 2.45) is 5.73 Å². The normalized spacial score (nSPS) is 12.0. The smallest absolute Gasteiger partial charge is 0.261 e. The van der Waals surface area contributed by atoms with Crippen molar-refractivity contribution in [1.82, 2.24) is 5.32 Å². The molecule has 0 unspecified atom stereocenters. The van der Waals surface area contributed by atoms with Crippen LogP contribution in [0, 0.1) is 11.6 Å². The first-order chi connectivity index (χ1) is 10.4. The van der Waals surface area contributed by atoms with E-state index in [1.54, 1.807) is 6.92 Å². The van der Waals surface area contributed by atoms with Gasteiger partial charge >= 0.3 is 0 Å². The van der Waals surface area contributed by atoms with Crippen molar-refractivity contribution in [2.45, 2.75) is 19.4 Å². The molecule has 0 spiro atoms. The summed E-state index contributed by atoms with van der Waals surface area (Å²) < 4.78 is 27.1. The summed E-state index contributed by atoms with van der Waals surface area (Å²) >= 11 is 1.06. The Bertz CT molecular complexity index is 715. The number of benzene rings is 1. The fraction of sp³-hybridized carbons (Fsp3) is 0.200. The summed E-state index contributed by atoms with van der Waals surface area (Å²) in [6, 6.07) is 3.81. The molecule has 22 heavy (non-hydrogen) atoms. The molecule has 1 aromatic carbocycles. The number of primary amides is 1. The molecule has 2 amide bonds. The highest BCUT2D eigenvalue weighted by Crippen LogP contribution is 2.23. The molecule has 3 N–H and O–H groups in total. The maximum Gasteiger partial charge on any atom is 0.261 e. The molecule has 0 bridgehead atoms. The first-order valence-electron chi connectivity index (χ1n) is 6.56. The van der Waals surface area contributed by atoms with Crippen LogP contribution < -0.4 is 11.1 Å². The Balaban J connectivity index is 2.20. The molecular weight excluding hydrogens is 310 g/mol. The quantitative estimate of drug-likeness (QED) is 0.887. The number of halogens is 2. The van der Waals surface area contributed by atoms with Crippen molar-refractivity contribution in [3.05, 3.63) is 57.3 Å². The minimum Gasteiger partial charge on any atom is -0.366 e. The number of hydrogen-bond acceptors (Lipinski definition) is 3. The lowest BCUT2D eigenvalue weighted by Gasteiger charge is -2.17. The van der Waals surface area contributed by atoms with Gasteiger partial charge in [0.2, 0.25) is 5.91 Å². The van der Waals surface area contributed by atoms with E-state index >= 15 is 0 Å². The van der Waals surface area contributed by atoms with Gasteiger partial charge in [-0.1, -0.05) is 6.92 Å². The van der Waals surface area contributed by atoms with Crippen LogP contribution >= 0.6 is 11.3 Å². The highest BCUT2D eigenvalue weighted by atomic mass is 32.1. The average molecular weight is 324 g/mol. The summed E-state index contributed by atoms with van der Waals surface area (Å²) in [7, 11) is 0. The lowest BCUT2D eigenvalue weighted by molar-refractivity contribution is 0.0939. The van der Waals surface area contributed by atoms with Gasteiger partial charge in [-0.2, -0.15) is 0 Å². The van der Waals surface area contributed by atoms with E-state index < -0.39 is 29.5 Å². The number of hydrogen-bond donors (Lipinski definition) is 2. The summed E-state index contributed by atoms with van der Waals surface area (Å²) in [6.45, 7) is 1.75. The van der Waals surface area contributed by atoms with Crippen LogP contribution in [0.4, 0.5) is 8.78 Å². The highest BCUT2D eigenvalue weighted by molar-refractivity contribution is 7.12. The highest BCUT2D eigenvalue weighted by Gasteiger charge is 2.19. The van der Waals surface area contributed by atoms with Gasteiger partial charge in [0.05, 0.1) is 16.5 Å². The number of thiophene rings is 1. The fourth-order valence-corrected chi connectivity index (χ4v) is 2.79. The van der Waals surface area contributed by atoms with Gasteiger partial charge in [0.15, 0.2) is 0 Å². The van der Waals surface area contributed by atoms with Crippen molar-refractivity contribution in [3.63, 3.8) is 0 Å². The Morgan fingerprint density at radius 2 is 2.05 bits per heavy atom. The molecule has 116 valence electrons. The average Bonchev–Trinajstić information content (AvgIpc) is 2.97. The van der Waals surface area contributed by atoms with Crippen LogP contribution in [-0.2, 0) is 0 Å². The van der Waals surface area contributed by atoms with Gasteiger partial charge < -0.3 is 11.1 Å². The second-order valence-corrected chi connectivity index (χ2v) is 5.58. The van der Waals surface area contributed by atoms with Crippen molar-refractivity contribution in [1.29, 1.82) is 0 Å². The summed E-state index contributed by atoms with van der Waals surface area (Å²) in [5.41, 5.74) is 5.45. The first-order valence-corrected chi connectivity index (χ1v) is 7.44. The maximum atomic E-state index is 13.8. The van der Waals surface area contributed by atoms with Crippen LogP contribution in [0.2, 0.25) is 0 Å². The van der Waals surface area contributed by atoms with Crippen LogP contribution in [0.1, 0.15) is 45.0 Å². The van der Waals surface area contributed by atoms with Crippen molar-refractivity contribution in [3.8, 4) is 0 Å². The van der Waals surface area contributed by atoms with Gasteiger partial charge in [-0.05, 0) is 30.7 Å². The largest absolute Gasteiger partial charge is 0.366 e. The predicted molar refractivity (Wildman–Crippen MR) is 79.7 cm³/mol. The molecule has 0 saturated heterocycles. The number of amides is 2. The molecule has 0 aliphatic rings. The van der Waals surface area contributed by atoms with Crippen LogP contribution in [0.15, 0.2) is 29.6 Å². The second-order valence-electron chi connectivity index (χ2n) is 4.66. The minimum atomic E-state index is -0.665. The van der Waals surface area contributed by atoms with E-state index in [0.29, 0.717) is 6.42 Å². The summed E-state index contributed by atoms with van der Waals surface area (Å²) in [4.78, 5) is 23.5. The molecule has 1 atom stereocenters. The third kappa shape index (κ3) is 3.48. The van der Waals surface area contributed by atoms with Crippen molar-refractivity contribution in [2.75, 3.05) is 0 Å². The molecule has 1 aromatic heterocycles. The van der Waals surface area contributed by atoms with Gasteiger partial charge in [-0.3, -0.25) is 9.59 Å². The monoisotopic (exact) mass is 324 g/mol. The van der Waals surface area contributed by atoms with Crippen molar-refractivity contribution < 1.29 is 18.4 Å². The third-order valence-corrected chi connectivity index (χ3v) is 4.08. The number of nitrogens with two attached hydrogens (primary N) is 1. The van der Waals surface area contributed by atoms with E-state index in [4.69, 9.17) is 5.73 Å². The minimum absolute atomic E-state index is 0.0857.